The minimum atomic E-state index is -0.0370. The third kappa shape index (κ3) is 3.35. The Morgan fingerprint density at radius 1 is 1.43 bits per heavy atom. The lowest BCUT2D eigenvalue weighted by atomic mass is 9.87. The number of hydrogen-bond donors (Lipinski definition) is 3. The molecule has 0 amide bonds. The van der Waals surface area contributed by atoms with Gasteiger partial charge in [-0.1, -0.05) is 0 Å². The number of benzene rings is 1. The molecule has 0 saturated heterocycles. The van der Waals surface area contributed by atoms with Crippen molar-refractivity contribution in [1.29, 1.82) is 10.7 Å². The number of anilines is 2. The molecule has 1 atom stereocenters. The van der Waals surface area contributed by atoms with E-state index in [0.717, 1.165) is 41.8 Å². The van der Waals surface area contributed by atoms with Gasteiger partial charge in [-0.25, -0.2) is 9.97 Å². The molecule has 30 heavy (non-hydrogen) atoms. The number of nitrogens with two attached hydrogens (primary N) is 1. The quantitative estimate of drug-likeness (QED) is 0.437. The smallest absolute Gasteiger partial charge is 0.231 e. The van der Waals surface area contributed by atoms with Crippen LogP contribution in [0.1, 0.15) is 52.6 Å². The van der Waals surface area contributed by atoms with Crippen LogP contribution >= 0.6 is 0 Å². The van der Waals surface area contributed by atoms with E-state index in [1.165, 1.54) is 19.7 Å². The van der Waals surface area contributed by atoms with Gasteiger partial charge in [0.15, 0.2) is 12.2 Å². The third-order valence-electron chi connectivity index (χ3n) is 5.47. The second-order valence-electron chi connectivity index (χ2n) is 7.23. The Labute approximate surface area is 174 Å². The number of methoxy groups -OCH3 is 1. The molecule has 0 bridgehead atoms. The van der Waals surface area contributed by atoms with Gasteiger partial charge in [0.05, 0.1) is 25.0 Å². The Kier molecular flexibility index (Phi) is 5.11. The van der Waals surface area contributed by atoms with Crippen LogP contribution in [0.3, 0.4) is 0 Å². The van der Waals surface area contributed by atoms with E-state index in [1.54, 1.807) is 6.07 Å². The van der Waals surface area contributed by atoms with Gasteiger partial charge in [-0.15, -0.1) is 0 Å². The summed E-state index contributed by atoms with van der Waals surface area (Å²) < 4.78 is 10.6. The molecule has 8 nitrogen and oxygen atoms in total. The molecule has 1 aliphatic carbocycles. The minimum Gasteiger partial charge on any atom is -0.480 e. The maximum absolute atomic E-state index is 9.49. The lowest BCUT2D eigenvalue weighted by Crippen LogP contribution is -2.21. The largest absolute Gasteiger partial charge is 0.480 e. The van der Waals surface area contributed by atoms with Crippen molar-refractivity contribution in [3.63, 3.8) is 0 Å². The van der Waals surface area contributed by atoms with Gasteiger partial charge in [0.1, 0.15) is 17.3 Å². The van der Waals surface area contributed by atoms with Gasteiger partial charge in [0, 0.05) is 16.9 Å². The molecule has 2 aromatic heterocycles. The Balaban J connectivity index is 1.69. The molecule has 2 heterocycles. The molecule has 0 aliphatic heterocycles. The summed E-state index contributed by atoms with van der Waals surface area (Å²) in [5, 5.41) is 21.4. The molecule has 1 aliphatic rings. The molecular formula is C22H22N6O2. The first kappa shape index (κ1) is 19.5. The number of nitrogen functional groups attached to an aromatic ring is 1. The predicted molar refractivity (Wildman–Crippen MR) is 113 cm³/mol. The highest BCUT2D eigenvalue weighted by Crippen LogP contribution is 2.37. The molecule has 0 spiro atoms. The zero-order valence-corrected chi connectivity index (χ0v) is 16.8. The number of ether oxygens (including phenoxy) is 1. The molecule has 4 rings (SSSR count). The van der Waals surface area contributed by atoms with Crippen LogP contribution in [0, 0.1) is 23.7 Å². The van der Waals surface area contributed by atoms with Crippen LogP contribution in [0.25, 0.3) is 0 Å². The molecular weight excluding hydrogens is 380 g/mol. The standard InChI is InChI=1S/C22H22N6O2/c1-12-14-4-3-5-18(21(14)28-22(29-2)16(12)9-23)27-13-6-7-17(24)15(8-13)20(25)19-10-26-11-30-19/h6-8,10-11,18,25,27H,3-5,24H2,1-2H3. The Bertz CT molecular complexity index is 1150. The van der Waals surface area contributed by atoms with Crippen molar-refractivity contribution in [1.82, 2.24) is 9.97 Å². The normalized spacial score (nSPS) is 15.2. The average Bonchev–Trinajstić information content (AvgIpc) is 3.30. The van der Waals surface area contributed by atoms with Crippen molar-refractivity contribution in [3.8, 4) is 11.9 Å². The monoisotopic (exact) mass is 402 g/mol. The van der Waals surface area contributed by atoms with Crippen LogP contribution in [0.4, 0.5) is 11.4 Å². The molecule has 8 heteroatoms. The van der Waals surface area contributed by atoms with E-state index in [0.29, 0.717) is 28.5 Å². The topological polar surface area (TPSA) is 134 Å². The van der Waals surface area contributed by atoms with E-state index in [1.807, 2.05) is 19.1 Å². The summed E-state index contributed by atoms with van der Waals surface area (Å²) in [5.74, 6) is 0.709. The lowest BCUT2D eigenvalue weighted by Gasteiger charge is -2.28. The number of pyridine rings is 1. The molecule has 4 N–H and O–H groups in total. The van der Waals surface area contributed by atoms with Crippen LogP contribution < -0.4 is 15.8 Å². The van der Waals surface area contributed by atoms with Gasteiger partial charge in [0.25, 0.3) is 0 Å². The summed E-state index contributed by atoms with van der Waals surface area (Å²) in [6.45, 7) is 1.95. The number of aromatic nitrogens is 2. The summed E-state index contributed by atoms with van der Waals surface area (Å²) in [4.78, 5) is 8.53. The first-order valence-electron chi connectivity index (χ1n) is 9.64. The highest BCUT2D eigenvalue weighted by atomic mass is 16.5. The fourth-order valence-electron chi connectivity index (χ4n) is 3.92. The number of hydrogen-bond acceptors (Lipinski definition) is 8. The number of nitrogens with zero attached hydrogens (tertiary/aromatic N) is 3. The fraction of sp³-hybridized carbons (Fsp3) is 0.273. The highest BCUT2D eigenvalue weighted by molar-refractivity contribution is 6.12. The average molecular weight is 402 g/mol. The third-order valence-corrected chi connectivity index (χ3v) is 5.47. The number of fused-ring (bicyclic) bond motifs is 1. The fourth-order valence-corrected chi connectivity index (χ4v) is 3.92. The number of rotatable bonds is 5. The van der Waals surface area contributed by atoms with Crippen molar-refractivity contribution in [2.45, 2.75) is 32.2 Å². The minimum absolute atomic E-state index is 0.0370. The van der Waals surface area contributed by atoms with Crippen LogP contribution in [0.15, 0.2) is 35.2 Å². The van der Waals surface area contributed by atoms with Crippen LogP contribution in [-0.4, -0.2) is 22.8 Å². The molecule has 0 radical (unpaired) electrons. The van der Waals surface area contributed by atoms with Crippen molar-refractivity contribution in [2.75, 3.05) is 18.2 Å². The van der Waals surface area contributed by atoms with Crippen LogP contribution in [0.2, 0.25) is 0 Å². The summed E-state index contributed by atoms with van der Waals surface area (Å²) in [6.07, 6.45) is 5.55. The summed E-state index contributed by atoms with van der Waals surface area (Å²) in [5.41, 5.74) is 11.6. The molecule has 1 unspecified atom stereocenters. The summed E-state index contributed by atoms with van der Waals surface area (Å²) in [6, 6.07) is 7.66. The Morgan fingerprint density at radius 2 is 2.27 bits per heavy atom. The van der Waals surface area contributed by atoms with Gasteiger partial charge in [-0.3, -0.25) is 5.41 Å². The zero-order valence-electron chi connectivity index (χ0n) is 16.8. The number of oxazole rings is 1. The number of nitrogens with one attached hydrogen (secondary N) is 2. The van der Waals surface area contributed by atoms with Gasteiger partial charge in [0.2, 0.25) is 5.88 Å². The van der Waals surface area contributed by atoms with E-state index in [9.17, 15) is 5.26 Å². The Morgan fingerprint density at radius 3 is 2.97 bits per heavy atom. The maximum Gasteiger partial charge on any atom is 0.231 e. The van der Waals surface area contributed by atoms with Crippen molar-refractivity contribution >= 4 is 17.1 Å². The molecule has 0 saturated carbocycles. The van der Waals surface area contributed by atoms with Crippen LogP contribution in [-0.2, 0) is 6.42 Å². The second kappa shape index (κ2) is 7.87. The lowest BCUT2D eigenvalue weighted by molar-refractivity contribution is 0.391. The van der Waals surface area contributed by atoms with Gasteiger partial charge in [-0.05, 0) is 55.5 Å². The Hall–Kier alpha value is -3.86. The van der Waals surface area contributed by atoms with Gasteiger partial charge < -0.3 is 20.2 Å². The van der Waals surface area contributed by atoms with Crippen LogP contribution in [0.5, 0.6) is 5.88 Å². The van der Waals surface area contributed by atoms with Crippen molar-refractivity contribution in [2.24, 2.45) is 0 Å². The highest BCUT2D eigenvalue weighted by Gasteiger charge is 2.27. The molecule has 0 fully saturated rings. The predicted octanol–water partition coefficient (Wildman–Crippen LogP) is 3.75. The maximum atomic E-state index is 9.49. The van der Waals surface area contributed by atoms with Crippen molar-refractivity contribution < 1.29 is 9.15 Å². The summed E-state index contributed by atoms with van der Waals surface area (Å²) in [7, 11) is 1.53. The SMILES string of the molecule is COc1nc2c(c(C)c1C#N)CCCC2Nc1ccc(N)c(C(=N)c2cnco2)c1. The summed E-state index contributed by atoms with van der Waals surface area (Å²) >= 11 is 0. The van der Waals surface area contributed by atoms with E-state index >= 15 is 0 Å². The van der Waals surface area contributed by atoms with Gasteiger partial charge >= 0.3 is 0 Å². The first-order valence-corrected chi connectivity index (χ1v) is 9.64. The van der Waals surface area contributed by atoms with E-state index < -0.39 is 0 Å². The van der Waals surface area contributed by atoms with Crippen molar-refractivity contribution in [3.05, 3.63) is 64.5 Å². The molecule has 1 aromatic carbocycles. The second-order valence-corrected chi connectivity index (χ2v) is 7.23. The van der Waals surface area contributed by atoms with E-state index in [-0.39, 0.29) is 11.8 Å². The van der Waals surface area contributed by atoms with E-state index in [2.05, 4.69) is 21.4 Å². The zero-order chi connectivity index (χ0) is 21.3. The van der Waals surface area contributed by atoms with E-state index in [4.69, 9.17) is 20.3 Å². The number of nitriles is 1. The molecule has 3 aromatic rings. The molecule has 152 valence electrons. The van der Waals surface area contributed by atoms with Gasteiger partial charge in [-0.2, -0.15) is 5.26 Å². The first-order chi connectivity index (χ1) is 14.5.